The molecule has 1 aliphatic rings. The molecule has 0 spiro atoms. The van der Waals surface area contributed by atoms with E-state index < -0.39 is 0 Å². The van der Waals surface area contributed by atoms with Crippen LogP contribution in [0, 0.1) is 0 Å². The van der Waals surface area contributed by atoms with Gasteiger partial charge >= 0.3 is 0 Å². The van der Waals surface area contributed by atoms with Crippen LogP contribution in [0.4, 0.5) is 0 Å². The topological polar surface area (TPSA) is 15.3 Å². The van der Waals surface area contributed by atoms with Crippen LogP contribution in [0.25, 0.3) is 0 Å². The molecule has 0 unspecified atom stereocenters. The highest BCUT2D eigenvalue weighted by molar-refractivity contribution is 7.80. The van der Waals surface area contributed by atoms with Crippen molar-refractivity contribution in [1.29, 1.82) is 0 Å². The first-order chi connectivity index (χ1) is 5.18. The van der Waals surface area contributed by atoms with Crippen LogP contribution in [0.3, 0.4) is 0 Å². The number of rotatable bonds is 2. The molecule has 0 aliphatic carbocycles. The zero-order valence-electron chi connectivity index (χ0n) is 7.38. The van der Waals surface area contributed by atoms with Crippen molar-refractivity contribution < 1.29 is 0 Å². The van der Waals surface area contributed by atoms with Crippen molar-refractivity contribution in [1.82, 2.24) is 10.2 Å². The van der Waals surface area contributed by atoms with Crippen molar-refractivity contribution >= 4 is 12.6 Å². The van der Waals surface area contributed by atoms with Gasteiger partial charge in [0.15, 0.2) is 0 Å². The first-order valence-electron chi connectivity index (χ1n) is 4.31. The summed E-state index contributed by atoms with van der Waals surface area (Å²) in [6.07, 6.45) is 2.53. The van der Waals surface area contributed by atoms with Gasteiger partial charge in [0.2, 0.25) is 0 Å². The Kier molecular flexibility index (Phi) is 3.69. The lowest BCUT2D eigenvalue weighted by Gasteiger charge is -2.30. The van der Waals surface area contributed by atoms with Crippen LogP contribution in [0.2, 0.25) is 0 Å². The number of thiol groups is 1. The third kappa shape index (κ3) is 3.45. The second kappa shape index (κ2) is 4.33. The highest BCUT2D eigenvalue weighted by atomic mass is 32.1. The molecule has 1 fully saturated rings. The van der Waals surface area contributed by atoms with Gasteiger partial charge in [-0.2, -0.15) is 12.6 Å². The van der Waals surface area contributed by atoms with Crippen LogP contribution in [0.15, 0.2) is 0 Å². The molecule has 0 amide bonds. The van der Waals surface area contributed by atoms with E-state index in [1.165, 1.54) is 25.9 Å². The van der Waals surface area contributed by atoms with Crippen LogP contribution in [0.1, 0.15) is 19.8 Å². The van der Waals surface area contributed by atoms with Crippen molar-refractivity contribution in [3.63, 3.8) is 0 Å². The minimum atomic E-state index is 0.336. The molecule has 3 heteroatoms. The molecule has 1 atom stereocenters. The molecule has 0 aromatic rings. The molecule has 0 aromatic carbocycles. The van der Waals surface area contributed by atoms with Crippen molar-refractivity contribution in [3.05, 3.63) is 0 Å². The number of piperidine rings is 1. The summed E-state index contributed by atoms with van der Waals surface area (Å²) in [5, 5.41) is 3.78. The standard InChI is InChI=1S/C8H18N2S/c1-7(11)9-8-3-5-10(2)6-4-8/h7-9,11H,3-6H2,1-2H3/t7-/m0/s1. The minimum absolute atomic E-state index is 0.336. The van der Waals surface area contributed by atoms with Crippen molar-refractivity contribution in [3.8, 4) is 0 Å². The van der Waals surface area contributed by atoms with E-state index in [1.807, 2.05) is 0 Å². The molecular weight excluding hydrogens is 156 g/mol. The fourth-order valence-electron chi connectivity index (χ4n) is 1.52. The van der Waals surface area contributed by atoms with Gasteiger partial charge in [0.1, 0.15) is 0 Å². The Morgan fingerprint density at radius 2 is 2.00 bits per heavy atom. The molecule has 11 heavy (non-hydrogen) atoms. The fourth-order valence-corrected chi connectivity index (χ4v) is 1.73. The Balaban J connectivity index is 2.17. The Morgan fingerprint density at radius 1 is 1.45 bits per heavy atom. The predicted octanol–water partition coefficient (Wildman–Crippen LogP) is 0.946. The SMILES string of the molecule is C[C@H](S)NC1CCN(C)CC1. The number of hydrogen-bond acceptors (Lipinski definition) is 3. The summed E-state index contributed by atoms with van der Waals surface area (Å²) in [7, 11) is 2.18. The lowest BCUT2D eigenvalue weighted by atomic mass is 10.1. The van der Waals surface area contributed by atoms with E-state index >= 15 is 0 Å². The second-order valence-corrected chi connectivity index (χ2v) is 4.19. The van der Waals surface area contributed by atoms with Gasteiger partial charge in [-0.25, -0.2) is 0 Å². The Morgan fingerprint density at radius 3 is 2.45 bits per heavy atom. The predicted molar refractivity (Wildman–Crippen MR) is 52.1 cm³/mol. The Labute approximate surface area is 74.8 Å². The van der Waals surface area contributed by atoms with Crippen LogP contribution in [-0.2, 0) is 0 Å². The average molecular weight is 174 g/mol. The number of hydrogen-bond donors (Lipinski definition) is 2. The van der Waals surface area contributed by atoms with E-state index in [2.05, 4.69) is 36.8 Å². The van der Waals surface area contributed by atoms with E-state index in [9.17, 15) is 0 Å². The third-order valence-electron chi connectivity index (χ3n) is 2.20. The van der Waals surface area contributed by atoms with Gasteiger partial charge in [0.25, 0.3) is 0 Å². The number of likely N-dealkylation sites (tertiary alicyclic amines) is 1. The van der Waals surface area contributed by atoms with Gasteiger partial charge in [-0.3, -0.25) is 0 Å². The third-order valence-corrected chi connectivity index (χ3v) is 2.34. The van der Waals surface area contributed by atoms with E-state index in [4.69, 9.17) is 0 Å². The van der Waals surface area contributed by atoms with Crippen molar-refractivity contribution in [2.24, 2.45) is 0 Å². The van der Waals surface area contributed by atoms with Gasteiger partial charge in [0.05, 0.1) is 0 Å². The molecule has 1 saturated heterocycles. The molecule has 1 N–H and O–H groups in total. The summed E-state index contributed by atoms with van der Waals surface area (Å²) >= 11 is 4.31. The van der Waals surface area contributed by atoms with Crippen molar-refractivity contribution in [2.75, 3.05) is 20.1 Å². The van der Waals surface area contributed by atoms with Crippen LogP contribution in [-0.4, -0.2) is 36.5 Å². The molecule has 1 rings (SSSR count). The van der Waals surface area contributed by atoms with E-state index in [-0.39, 0.29) is 0 Å². The van der Waals surface area contributed by atoms with Crippen LogP contribution < -0.4 is 5.32 Å². The fraction of sp³-hybridized carbons (Fsp3) is 1.00. The van der Waals surface area contributed by atoms with Gasteiger partial charge < -0.3 is 10.2 Å². The maximum atomic E-state index is 4.31. The summed E-state index contributed by atoms with van der Waals surface area (Å²) in [5.41, 5.74) is 0. The maximum Gasteiger partial charge on any atom is 0.0475 e. The minimum Gasteiger partial charge on any atom is -0.306 e. The second-order valence-electron chi connectivity index (χ2n) is 3.42. The first-order valence-corrected chi connectivity index (χ1v) is 4.83. The van der Waals surface area contributed by atoms with Gasteiger partial charge in [-0.1, -0.05) is 0 Å². The maximum absolute atomic E-state index is 4.31. The molecule has 66 valence electrons. The zero-order chi connectivity index (χ0) is 8.27. The summed E-state index contributed by atoms with van der Waals surface area (Å²) in [6, 6.07) is 0.693. The molecule has 0 aromatic heterocycles. The summed E-state index contributed by atoms with van der Waals surface area (Å²) < 4.78 is 0. The smallest absolute Gasteiger partial charge is 0.0475 e. The molecular formula is C8H18N2S. The zero-order valence-corrected chi connectivity index (χ0v) is 8.27. The Hall–Kier alpha value is 0.270. The van der Waals surface area contributed by atoms with E-state index in [0.717, 1.165) is 0 Å². The molecule has 0 radical (unpaired) electrons. The largest absolute Gasteiger partial charge is 0.306 e. The molecule has 0 bridgehead atoms. The highest BCUT2D eigenvalue weighted by Gasteiger charge is 2.16. The summed E-state index contributed by atoms with van der Waals surface area (Å²) in [5.74, 6) is 0. The van der Waals surface area contributed by atoms with Crippen LogP contribution >= 0.6 is 12.6 Å². The molecule has 1 heterocycles. The molecule has 2 nitrogen and oxygen atoms in total. The molecule has 0 saturated carbocycles. The monoisotopic (exact) mass is 174 g/mol. The Bertz CT molecular complexity index is 109. The lowest BCUT2D eigenvalue weighted by molar-refractivity contribution is 0.234. The highest BCUT2D eigenvalue weighted by Crippen LogP contribution is 2.09. The van der Waals surface area contributed by atoms with Gasteiger partial charge in [-0.05, 0) is 39.9 Å². The number of nitrogens with zero attached hydrogens (tertiary/aromatic N) is 1. The first kappa shape index (κ1) is 9.36. The van der Waals surface area contributed by atoms with E-state index in [1.54, 1.807) is 0 Å². The van der Waals surface area contributed by atoms with E-state index in [0.29, 0.717) is 11.4 Å². The normalized spacial score (nSPS) is 25.4. The van der Waals surface area contributed by atoms with Crippen LogP contribution in [0.5, 0.6) is 0 Å². The number of nitrogens with one attached hydrogen (secondary N) is 1. The summed E-state index contributed by atoms with van der Waals surface area (Å²) in [4.78, 5) is 2.38. The lowest BCUT2D eigenvalue weighted by Crippen LogP contribution is -2.42. The quantitative estimate of drug-likeness (QED) is 0.478. The average Bonchev–Trinajstić information content (AvgIpc) is 1.93. The van der Waals surface area contributed by atoms with Gasteiger partial charge in [0, 0.05) is 11.4 Å². The summed E-state index contributed by atoms with van der Waals surface area (Å²) in [6.45, 7) is 4.53. The van der Waals surface area contributed by atoms with Crippen molar-refractivity contribution in [2.45, 2.75) is 31.2 Å². The molecule has 1 aliphatic heterocycles. The van der Waals surface area contributed by atoms with Gasteiger partial charge in [-0.15, -0.1) is 0 Å².